The lowest BCUT2D eigenvalue weighted by Crippen LogP contribution is -2.32. The van der Waals surface area contributed by atoms with Gasteiger partial charge in [-0.05, 0) is 57.9 Å². The predicted octanol–water partition coefficient (Wildman–Crippen LogP) is 2.69. The first kappa shape index (κ1) is 15.1. The molecule has 20 heavy (non-hydrogen) atoms. The first-order valence-corrected chi connectivity index (χ1v) is 8.01. The van der Waals surface area contributed by atoms with Crippen LogP contribution in [0.3, 0.4) is 0 Å². The first-order chi connectivity index (χ1) is 9.13. The quantitative estimate of drug-likeness (QED) is 0.701. The van der Waals surface area contributed by atoms with Crippen molar-refractivity contribution in [3.05, 3.63) is 28.3 Å². The Morgan fingerprint density at radius 2 is 1.85 bits per heavy atom. The third-order valence-corrected chi connectivity index (χ3v) is 5.05. The summed E-state index contributed by atoms with van der Waals surface area (Å²) in [6, 6.07) is 3.73. The van der Waals surface area contributed by atoms with E-state index < -0.39 is 5.60 Å². The van der Waals surface area contributed by atoms with Crippen molar-refractivity contribution in [3.8, 4) is 0 Å². The van der Waals surface area contributed by atoms with Crippen LogP contribution in [0.2, 0.25) is 5.02 Å². The van der Waals surface area contributed by atoms with Gasteiger partial charge < -0.3 is 4.74 Å². The summed E-state index contributed by atoms with van der Waals surface area (Å²) in [5.41, 5.74) is 2.51. The number of hydrogen-bond acceptors (Lipinski definition) is 2. The summed E-state index contributed by atoms with van der Waals surface area (Å²) in [5.74, 6) is 0. The molecule has 0 aliphatic rings. The summed E-state index contributed by atoms with van der Waals surface area (Å²) in [5, 5.41) is 2.82. The molecule has 0 unspecified atom stereocenters. The Morgan fingerprint density at radius 3 is 2.40 bits per heavy atom. The molecule has 0 radical (unpaired) electrons. The third kappa shape index (κ3) is 2.50. The van der Waals surface area contributed by atoms with Gasteiger partial charge in [-0.3, -0.25) is 4.57 Å². The maximum absolute atomic E-state index is 12.4. The molecule has 5 heteroatoms. The van der Waals surface area contributed by atoms with E-state index in [1.807, 2.05) is 46.8 Å². The molecule has 1 aromatic carbocycles. The van der Waals surface area contributed by atoms with Crippen LogP contribution < -0.4 is 5.32 Å². The van der Waals surface area contributed by atoms with Gasteiger partial charge in [-0.1, -0.05) is 11.6 Å². The average molecular weight is 310 g/mol. The summed E-state index contributed by atoms with van der Waals surface area (Å²) < 4.78 is 7.20. The number of nitrogens with zero attached hydrogens (tertiary/aromatic N) is 1. The molecule has 0 saturated carbocycles. The van der Waals surface area contributed by atoms with Gasteiger partial charge in [0.1, 0.15) is 5.60 Å². The van der Waals surface area contributed by atoms with Gasteiger partial charge in [-0.25, -0.2) is 4.79 Å². The van der Waals surface area contributed by atoms with Crippen molar-refractivity contribution in [2.75, 3.05) is 0 Å². The van der Waals surface area contributed by atoms with E-state index in [1.54, 1.807) is 4.57 Å². The summed E-state index contributed by atoms with van der Waals surface area (Å²) in [6.07, 6.45) is -0.317. The van der Waals surface area contributed by atoms with Gasteiger partial charge in [0.15, 0.2) is 0 Å². The minimum Gasteiger partial charge on any atom is -0.443 e. The monoisotopic (exact) mass is 309 g/mol. The molecule has 0 amide bonds. The Bertz CT molecular complexity index is 698. The van der Waals surface area contributed by atoms with E-state index in [9.17, 15) is 4.79 Å². The Labute approximate surface area is 127 Å². The largest absolute Gasteiger partial charge is 0.443 e. The zero-order valence-corrected chi connectivity index (χ0v) is 15.6. The Balaban J connectivity index is 2.69. The third-order valence-electron chi connectivity index (χ3n) is 3.45. The fourth-order valence-electron chi connectivity index (χ4n) is 2.40. The average Bonchev–Trinajstić information content (AvgIpc) is 2.55. The second-order valence-corrected chi connectivity index (χ2v) is 7.45. The number of rotatable bonds is 0. The molecule has 1 aromatic heterocycles. The highest BCUT2D eigenvalue weighted by Crippen LogP contribution is 2.28. The highest BCUT2D eigenvalue weighted by atomic mass is 35.5. The van der Waals surface area contributed by atoms with E-state index in [2.05, 4.69) is 0 Å². The van der Waals surface area contributed by atoms with Crippen molar-refractivity contribution in [1.29, 1.82) is 0 Å². The van der Waals surface area contributed by atoms with E-state index in [0.29, 0.717) is 0 Å². The minimum absolute atomic E-state index is 0.317. The molecule has 0 spiro atoms. The fraction of sp³-hybridized carbons (Fsp3) is 0.400. The fourth-order valence-corrected chi connectivity index (χ4v) is 3.23. The van der Waals surface area contributed by atoms with Crippen molar-refractivity contribution < 1.29 is 9.53 Å². The molecule has 0 bridgehead atoms. The standard InChI is InChI=1S/C15H20ClNO2Si/c1-8-10(16)6-7-11-12(8)9(2)13(20)17(11)14(18)19-15(3,4)5/h6-7H,1-5,20H3. The van der Waals surface area contributed by atoms with Crippen LogP contribution in [0.1, 0.15) is 31.9 Å². The lowest BCUT2D eigenvalue weighted by molar-refractivity contribution is 0.0549. The van der Waals surface area contributed by atoms with Gasteiger partial charge in [-0.15, -0.1) is 0 Å². The van der Waals surface area contributed by atoms with E-state index >= 15 is 0 Å². The van der Waals surface area contributed by atoms with E-state index in [1.165, 1.54) is 0 Å². The zero-order chi connectivity index (χ0) is 15.2. The lowest BCUT2D eigenvalue weighted by Gasteiger charge is -2.20. The second-order valence-electron chi connectivity index (χ2n) is 6.09. The number of fused-ring (bicyclic) bond motifs is 1. The van der Waals surface area contributed by atoms with Crippen LogP contribution in [-0.4, -0.2) is 26.5 Å². The Hall–Kier alpha value is -1.26. The molecule has 0 atom stereocenters. The summed E-state index contributed by atoms with van der Waals surface area (Å²) in [4.78, 5) is 12.4. The van der Waals surface area contributed by atoms with Crippen molar-refractivity contribution in [1.82, 2.24) is 4.57 Å². The molecule has 3 nitrogen and oxygen atoms in total. The molecule has 0 N–H and O–H groups in total. The van der Waals surface area contributed by atoms with E-state index in [0.717, 1.165) is 42.6 Å². The molecule has 108 valence electrons. The SMILES string of the molecule is Cc1c(Cl)ccc2c1c(C)c([SiH3])n2C(=O)OC(C)(C)C. The highest BCUT2D eigenvalue weighted by molar-refractivity contribution is 6.36. The minimum atomic E-state index is -0.503. The smallest absolute Gasteiger partial charge is 0.418 e. The normalized spacial score (nSPS) is 12.1. The van der Waals surface area contributed by atoms with E-state index in [-0.39, 0.29) is 6.09 Å². The van der Waals surface area contributed by atoms with Crippen molar-refractivity contribution in [2.24, 2.45) is 0 Å². The Morgan fingerprint density at radius 1 is 1.25 bits per heavy atom. The van der Waals surface area contributed by atoms with Gasteiger partial charge in [0, 0.05) is 15.7 Å². The molecular weight excluding hydrogens is 290 g/mol. The zero-order valence-electron chi connectivity index (χ0n) is 12.8. The first-order valence-electron chi connectivity index (χ1n) is 6.63. The van der Waals surface area contributed by atoms with Gasteiger partial charge in [-0.2, -0.15) is 0 Å². The highest BCUT2D eigenvalue weighted by Gasteiger charge is 2.23. The van der Waals surface area contributed by atoms with Crippen LogP contribution in [-0.2, 0) is 4.74 Å². The molecule has 0 fully saturated rings. The molecule has 1 heterocycles. The van der Waals surface area contributed by atoms with Crippen LogP contribution in [0.4, 0.5) is 4.79 Å². The van der Waals surface area contributed by atoms with Gasteiger partial charge in [0.05, 0.1) is 15.8 Å². The molecule has 0 saturated heterocycles. The van der Waals surface area contributed by atoms with Crippen LogP contribution in [0.25, 0.3) is 10.9 Å². The number of ether oxygens (including phenoxy) is 1. The summed E-state index contributed by atoms with van der Waals surface area (Å²) in [6.45, 7) is 9.64. The van der Waals surface area contributed by atoms with Gasteiger partial charge in [0.25, 0.3) is 0 Å². The maximum atomic E-state index is 12.4. The second kappa shape index (κ2) is 4.93. The number of hydrogen-bond donors (Lipinski definition) is 0. The van der Waals surface area contributed by atoms with Crippen molar-refractivity contribution in [3.63, 3.8) is 0 Å². The molecular formula is C15H20ClNO2Si. The topological polar surface area (TPSA) is 31.2 Å². The molecule has 0 aliphatic heterocycles. The van der Waals surface area contributed by atoms with Gasteiger partial charge >= 0.3 is 6.09 Å². The van der Waals surface area contributed by atoms with Crippen LogP contribution in [0, 0.1) is 13.8 Å². The van der Waals surface area contributed by atoms with Crippen LogP contribution in [0.15, 0.2) is 12.1 Å². The predicted molar refractivity (Wildman–Crippen MR) is 87.6 cm³/mol. The number of aromatic nitrogens is 1. The number of carbonyl (C=O) groups excluding carboxylic acids is 1. The number of aryl methyl sites for hydroxylation is 2. The van der Waals surface area contributed by atoms with Crippen molar-refractivity contribution in [2.45, 2.75) is 40.2 Å². The summed E-state index contributed by atoms with van der Waals surface area (Å²) in [7, 11) is 0.770. The number of carbonyl (C=O) groups is 1. The molecule has 2 rings (SSSR count). The Kier molecular flexibility index (Phi) is 3.73. The number of halogens is 1. The van der Waals surface area contributed by atoms with E-state index in [4.69, 9.17) is 16.3 Å². The van der Waals surface area contributed by atoms with Crippen LogP contribution in [0.5, 0.6) is 0 Å². The summed E-state index contributed by atoms with van der Waals surface area (Å²) >= 11 is 6.19. The maximum Gasteiger partial charge on any atom is 0.418 e. The lowest BCUT2D eigenvalue weighted by atomic mass is 10.1. The number of benzene rings is 1. The van der Waals surface area contributed by atoms with Gasteiger partial charge in [0.2, 0.25) is 0 Å². The molecule has 0 aliphatic carbocycles. The molecule has 2 aromatic rings. The van der Waals surface area contributed by atoms with Crippen LogP contribution >= 0.6 is 11.6 Å². The van der Waals surface area contributed by atoms with Crippen molar-refractivity contribution >= 4 is 44.2 Å².